The van der Waals surface area contributed by atoms with E-state index in [0.717, 1.165) is 24.0 Å². The number of hydrogen-bond acceptors (Lipinski definition) is 3. The zero-order valence-electron chi connectivity index (χ0n) is 14.9. The Morgan fingerprint density at radius 2 is 1.41 bits per heavy atom. The molecule has 0 saturated heterocycles. The molecule has 0 aromatic heterocycles. The average molecular weight is 627 g/mol. The molecule has 3 aromatic rings. The molecule has 0 radical (unpaired) electrons. The number of fused-ring (bicyclic) bond motifs is 1. The van der Waals surface area contributed by atoms with Crippen LogP contribution in [0.4, 0.5) is 0 Å². The number of Topliss-reactive ketones (excluding diaryl/α,β-unsaturated/α-hetero) is 2. The van der Waals surface area contributed by atoms with E-state index in [9.17, 15) is 9.59 Å². The van der Waals surface area contributed by atoms with Crippen LogP contribution in [0.5, 0.6) is 5.75 Å². The molecule has 3 nitrogen and oxygen atoms in total. The molecule has 0 amide bonds. The second-order valence-electron chi connectivity index (χ2n) is 6.49. The topological polar surface area (TPSA) is 43.4 Å². The van der Waals surface area contributed by atoms with Crippen molar-refractivity contribution in [2.24, 2.45) is 0 Å². The zero-order chi connectivity index (χ0) is 20.5. The Bertz CT molecular complexity index is 1110. The fraction of sp³-hybridized carbons (Fsp3) is 0.0435. The number of ether oxygens (including phenoxy) is 1. The second-order valence-corrected chi connectivity index (χ2v) is 9.25. The van der Waals surface area contributed by atoms with Crippen LogP contribution in [0.2, 0.25) is 5.02 Å². The monoisotopic (exact) mass is 626 g/mol. The minimum absolute atomic E-state index is 0.202. The number of ketones is 2. The third-order valence-electron chi connectivity index (χ3n) is 4.53. The van der Waals surface area contributed by atoms with Gasteiger partial charge in [-0.25, -0.2) is 0 Å². The van der Waals surface area contributed by atoms with Crippen LogP contribution >= 0.6 is 56.8 Å². The highest BCUT2D eigenvalue weighted by Gasteiger charge is 2.32. The Morgan fingerprint density at radius 3 is 1.97 bits per heavy atom. The molecule has 29 heavy (non-hydrogen) atoms. The van der Waals surface area contributed by atoms with Gasteiger partial charge in [0.25, 0.3) is 0 Å². The molecule has 0 fully saturated rings. The fourth-order valence-corrected chi connectivity index (χ4v) is 5.36. The van der Waals surface area contributed by atoms with E-state index >= 15 is 0 Å². The fourth-order valence-electron chi connectivity index (χ4n) is 3.11. The molecule has 6 heteroatoms. The first-order chi connectivity index (χ1) is 13.9. The van der Waals surface area contributed by atoms with E-state index in [-0.39, 0.29) is 17.1 Å². The molecule has 4 rings (SSSR count). The molecule has 1 aliphatic rings. The summed E-state index contributed by atoms with van der Waals surface area (Å²) in [5.41, 5.74) is 2.95. The lowest BCUT2D eigenvalue weighted by molar-refractivity contribution is 0.0990. The van der Waals surface area contributed by atoms with Crippen LogP contribution in [-0.2, 0) is 6.61 Å². The first-order valence-electron chi connectivity index (χ1n) is 8.70. The summed E-state index contributed by atoms with van der Waals surface area (Å²) in [5.74, 6) is 0.327. The van der Waals surface area contributed by atoms with Crippen molar-refractivity contribution in [3.8, 4) is 5.75 Å². The van der Waals surface area contributed by atoms with Gasteiger partial charge in [-0.1, -0.05) is 48.0 Å². The Hall–Kier alpha value is -1.71. The van der Waals surface area contributed by atoms with E-state index in [2.05, 4.69) is 45.2 Å². The summed E-state index contributed by atoms with van der Waals surface area (Å²) < 4.78 is 7.81. The van der Waals surface area contributed by atoms with E-state index in [1.165, 1.54) is 0 Å². The van der Waals surface area contributed by atoms with Crippen molar-refractivity contribution in [2.45, 2.75) is 6.61 Å². The summed E-state index contributed by atoms with van der Waals surface area (Å²) >= 11 is 10.3. The van der Waals surface area contributed by atoms with Gasteiger partial charge in [0.05, 0.1) is 12.7 Å². The summed E-state index contributed by atoms with van der Waals surface area (Å²) in [5, 5.41) is 0.688. The number of carbonyl (C=O) groups is 2. The number of benzene rings is 3. The van der Waals surface area contributed by atoms with Crippen LogP contribution in [0, 0.1) is 7.14 Å². The number of halogens is 3. The number of allylic oxidation sites excluding steroid dienone is 1. The van der Waals surface area contributed by atoms with Crippen LogP contribution in [0.3, 0.4) is 0 Å². The maximum absolute atomic E-state index is 12.6. The average Bonchev–Trinajstić information content (AvgIpc) is 2.94. The van der Waals surface area contributed by atoms with Crippen LogP contribution < -0.4 is 4.74 Å². The van der Waals surface area contributed by atoms with Crippen molar-refractivity contribution < 1.29 is 14.3 Å². The molecule has 0 heterocycles. The smallest absolute Gasteiger partial charge is 0.197 e. The van der Waals surface area contributed by atoms with Crippen LogP contribution in [0.25, 0.3) is 6.08 Å². The summed E-state index contributed by atoms with van der Waals surface area (Å²) in [7, 11) is 0. The number of rotatable bonds is 4. The van der Waals surface area contributed by atoms with Gasteiger partial charge in [0.1, 0.15) is 12.4 Å². The van der Waals surface area contributed by atoms with Crippen molar-refractivity contribution >= 4 is 74.4 Å². The largest absolute Gasteiger partial charge is 0.487 e. The normalized spacial score (nSPS) is 12.9. The van der Waals surface area contributed by atoms with Gasteiger partial charge in [-0.2, -0.15) is 0 Å². The third-order valence-corrected chi connectivity index (χ3v) is 6.39. The van der Waals surface area contributed by atoms with Crippen LogP contribution in [0.1, 0.15) is 31.8 Å². The standard InChI is InChI=1S/C23H13ClI2O3/c24-15-7-5-13(6-8-15)12-29-23-19(25)10-14(11-20(23)26)9-18-21(27)16-3-1-2-4-17(16)22(18)28/h1-11H,12H2. The molecule has 0 saturated carbocycles. The lowest BCUT2D eigenvalue weighted by atomic mass is 10.1. The molecular weight excluding hydrogens is 614 g/mol. The highest BCUT2D eigenvalue weighted by molar-refractivity contribution is 14.1. The Balaban J connectivity index is 1.59. The minimum Gasteiger partial charge on any atom is -0.487 e. The Labute approximate surface area is 200 Å². The Kier molecular flexibility index (Phi) is 6.08. The van der Waals surface area contributed by atoms with E-state index in [1.54, 1.807) is 30.3 Å². The minimum atomic E-state index is -0.223. The summed E-state index contributed by atoms with van der Waals surface area (Å²) in [6.45, 7) is 0.426. The molecule has 0 N–H and O–H groups in total. The van der Waals surface area contributed by atoms with Gasteiger partial charge in [-0.05, 0) is 86.7 Å². The van der Waals surface area contributed by atoms with Gasteiger partial charge in [-0.15, -0.1) is 0 Å². The highest BCUT2D eigenvalue weighted by atomic mass is 127. The van der Waals surface area contributed by atoms with Gasteiger partial charge in [0.15, 0.2) is 11.6 Å². The van der Waals surface area contributed by atoms with Gasteiger partial charge < -0.3 is 4.74 Å². The lowest BCUT2D eigenvalue weighted by Gasteiger charge is -2.12. The Morgan fingerprint density at radius 1 is 0.862 bits per heavy atom. The van der Waals surface area contributed by atoms with Gasteiger partial charge in [-0.3, -0.25) is 9.59 Å². The summed E-state index contributed by atoms with van der Waals surface area (Å²) in [4.78, 5) is 25.2. The number of carbonyl (C=O) groups excluding carboxylic acids is 2. The van der Waals surface area contributed by atoms with Gasteiger partial charge in [0.2, 0.25) is 0 Å². The summed E-state index contributed by atoms with van der Waals surface area (Å²) in [6, 6.07) is 18.3. The predicted molar refractivity (Wildman–Crippen MR) is 131 cm³/mol. The molecule has 0 spiro atoms. The van der Waals surface area contributed by atoms with Crippen molar-refractivity contribution in [1.29, 1.82) is 0 Å². The van der Waals surface area contributed by atoms with E-state index in [1.807, 2.05) is 36.4 Å². The van der Waals surface area contributed by atoms with Crippen LogP contribution in [0.15, 0.2) is 66.2 Å². The molecule has 0 unspecified atom stereocenters. The van der Waals surface area contributed by atoms with Crippen LogP contribution in [-0.4, -0.2) is 11.6 Å². The highest BCUT2D eigenvalue weighted by Crippen LogP contribution is 2.32. The van der Waals surface area contributed by atoms with E-state index < -0.39 is 0 Å². The van der Waals surface area contributed by atoms with Crippen molar-refractivity contribution in [3.63, 3.8) is 0 Å². The molecule has 0 aliphatic heterocycles. The molecule has 3 aromatic carbocycles. The quantitative estimate of drug-likeness (QED) is 0.187. The maximum Gasteiger partial charge on any atom is 0.197 e. The maximum atomic E-state index is 12.6. The van der Waals surface area contributed by atoms with Crippen molar-refractivity contribution in [1.82, 2.24) is 0 Å². The van der Waals surface area contributed by atoms with Gasteiger partial charge in [0, 0.05) is 16.1 Å². The van der Waals surface area contributed by atoms with Gasteiger partial charge >= 0.3 is 0 Å². The third kappa shape index (κ3) is 4.27. The molecule has 0 atom stereocenters. The SMILES string of the molecule is O=C1C(=Cc2cc(I)c(OCc3ccc(Cl)cc3)c(I)c2)C(=O)c2ccccc21. The first kappa shape index (κ1) is 20.6. The predicted octanol–water partition coefficient (Wildman–Crippen LogP) is 6.59. The van der Waals surface area contributed by atoms with Crippen molar-refractivity contribution in [2.75, 3.05) is 0 Å². The molecule has 1 aliphatic carbocycles. The first-order valence-corrected chi connectivity index (χ1v) is 11.2. The molecule has 144 valence electrons. The lowest BCUT2D eigenvalue weighted by Crippen LogP contribution is -2.02. The van der Waals surface area contributed by atoms with E-state index in [4.69, 9.17) is 16.3 Å². The van der Waals surface area contributed by atoms with E-state index in [0.29, 0.717) is 22.8 Å². The summed E-state index contributed by atoms with van der Waals surface area (Å²) in [6.07, 6.45) is 1.66. The molecular formula is C23H13ClI2O3. The second kappa shape index (κ2) is 8.57. The zero-order valence-corrected chi connectivity index (χ0v) is 20.0. The molecule has 0 bridgehead atoms. The van der Waals surface area contributed by atoms with Crippen molar-refractivity contribution in [3.05, 3.63) is 101 Å². The number of hydrogen-bond donors (Lipinski definition) is 0.